The zero-order valence-corrected chi connectivity index (χ0v) is 15.9. The number of hydrogen-bond donors (Lipinski definition) is 1. The maximum atomic E-state index is 12.8. The minimum atomic E-state index is -0.795. The number of piperidine rings is 1. The molecule has 0 radical (unpaired) electrons. The summed E-state index contributed by atoms with van der Waals surface area (Å²) < 4.78 is 8.76. The zero-order chi connectivity index (χ0) is 19.8. The number of amides is 1. The van der Waals surface area contributed by atoms with E-state index >= 15 is 0 Å². The molecule has 2 fully saturated rings. The number of aromatic nitrogens is 2. The third kappa shape index (κ3) is 3.22. The Morgan fingerprint density at radius 3 is 2.50 bits per heavy atom. The average molecular weight is 387 g/mol. The molecule has 28 heavy (non-hydrogen) atoms. The number of rotatable bonds is 4. The van der Waals surface area contributed by atoms with Crippen molar-refractivity contribution in [3.05, 3.63) is 34.7 Å². The Kier molecular flexibility index (Phi) is 4.97. The second kappa shape index (κ2) is 7.43. The Bertz CT molecular complexity index is 954. The number of fused-ring (bicyclic) bond motifs is 1. The lowest BCUT2D eigenvalue weighted by atomic mass is 9.84. The molecule has 0 saturated carbocycles. The van der Waals surface area contributed by atoms with Gasteiger partial charge in [0, 0.05) is 26.7 Å². The number of aryl methyl sites for hydroxylation is 1. The second-order valence-electron chi connectivity index (χ2n) is 7.70. The molecule has 8 nitrogen and oxygen atoms in total. The summed E-state index contributed by atoms with van der Waals surface area (Å²) in [5, 5.41) is 9.35. The van der Waals surface area contributed by atoms with E-state index in [1.165, 1.54) is 4.57 Å². The highest BCUT2D eigenvalue weighted by atomic mass is 16.5. The number of nitrogens with zero attached hydrogens (tertiary/aromatic N) is 3. The minimum absolute atomic E-state index is 0.0164. The van der Waals surface area contributed by atoms with Gasteiger partial charge in [0.25, 0.3) is 0 Å². The van der Waals surface area contributed by atoms with Crippen LogP contribution in [-0.4, -0.2) is 56.8 Å². The normalized spacial score (nSPS) is 23.4. The molecule has 3 heterocycles. The Morgan fingerprint density at radius 2 is 1.82 bits per heavy atom. The molecule has 1 N–H and O–H groups in total. The van der Waals surface area contributed by atoms with Crippen LogP contribution in [0.5, 0.6) is 0 Å². The van der Waals surface area contributed by atoms with Gasteiger partial charge in [0.05, 0.1) is 23.1 Å². The van der Waals surface area contributed by atoms with E-state index in [9.17, 15) is 19.5 Å². The number of carbonyl (C=O) groups excluding carboxylic acids is 1. The van der Waals surface area contributed by atoms with Crippen LogP contribution < -0.4 is 5.69 Å². The van der Waals surface area contributed by atoms with Crippen LogP contribution in [0.2, 0.25) is 0 Å². The molecule has 8 heteroatoms. The monoisotopic (exact) mass is 387 g/mol. The third-order valence-electron chi connectivity index (χ3n) is 6.15. The molecule has 4 rings (SSSR count). The van der Waals surface area contributed by atoms with E-state index in [2.05, 4.69) is 0 Å². The Morgan fingerprint density at radius 1 is 1.14 bits per heavy atom. The maximum absolute atomic E-state index is 12.8. The number of benzene rings is 1. The lowest BCUT2D eigenvalue weighted by molar-refractivity contribution is -0.146. The number of carboxylic acid groups (broad SMARTS) is 1. The van der Waals surface area contributed by atoms with Gasteiger partial charge in [-0.2, -0.15) is 0 Å². The predicted octanol–water partition coefficient (Wildman–Crippen LogP) is 1.07. The molecule has 0 bridgehead atoms. The van der Waals surface area contributed by atoms with Crippen LogP contribution in [0.25, 0.3) is 11.0 Å². The molecule has 1 aromatic carbocycles. The fraction of sp³-hybridized carbons (Fsp3) is 0.550. The highest BCUT2D eigenvalue weighted by Crippen LogP contribution is 2.33. The number of hydrogen-bond acceptors (Lipinski definition) is 4. The van der Waals surface area contributed by atoms with E-state index in [-0.39, 0.29) is 30.2 Å². The Balaban J connectivity index is 1.42. The molecule has 1 aromatic heterocycles. The van der Waals surface area contributed by atoms with Gasteiger partial charge in [0.2, 0.25) is 5.91 Å². The van der Waals surface area contributed by atoms with Gasteiger partial charge in [-0.25, -0.2) is 4.79 Å². The number of carbonyl (C=O) groups is 2. The zero-order valence-electron chi connectivity index (χ0n) is 15.9. The highest BCUT2D eigenvalue weighted by Gasteiger charge is 2.40. The number of carboxylic acids is 1. The van der Waals surface area contributed by atoms with Crippen LogP contribution >= 0.6 is 0 Å². The number of imidazole rings is 1. The van der Waals surface area contributed by atoms with Crippen LogP contribution in [0.4, 0.5) is 0 Å². The predicted molar refractivity (Wildman–Crippen MR) is 102 cm³/mol. The minimum Gasteiger partial charge on any atom is -0.481 e. The summed E-state index contributed by atoms with van der Waals surface area (Å²) in [4.78, 5) is 38.5. The molecule has 2 aromatic rings. The summed E-state index contributed by atoms with van der Waals surface area (Å²) in [6, 6.07) is 7.44. The van der Waals surface area contributed by atoms with E-state index in [4.69, 9.17) is 4.74 Å². The molecular weight excluding hydrogens is 362 g/mol. The quantitative estimate of drug-likeness (QED) is 0.847. The fourth-order valence-corrected chi connectivity index (χ4v) is 4.57. The summed E-state index contributed by atoms with van der Waals surface area (Å²) in [5.74, 6) is -1.16. The third-order valence-corrected chi connectivity index (χ3v) is 6.15. The lowest BCUT2D eigenvalue weighted by Gasteiger charge is -2.35. The number of aliphatic carboxylic acids is 1. The summed E-state index contributed by atoms with van der Waals surface area (Å²) in [5.41, 5.74) is 1.35. The molecule has 2 atom stereocenters. The molecule has 1 amide bonds. The van der Waals surface area contributed by atoms with Crippen molar-refractivity contribution in [3.8, 4) is 0 Å². The van der Waals surface area contributed by atoms with Crippen molar-refractivity contribution < 1.29 is 19.4 Å². The first-order valence-electron chi connectivity index (χ1n) is 9.74. The first kappa shape index (κ1) is 18.7. The summed E-state index contributed by atoms with van der Waals surface area (Å²) in [7, 11) is 1.71. The summed E-state index contributed by atoms with van der Waals surface area (Å²) in [6.45, 7) is 1.64. The number of likely N-dealkylation sites (tertiary alicyclic amines) is 1. The van der Waals surface area contributed by atoms with Crippen LogP contribution in [0.1, 0.15) is 19.3 Å². The van der Waals surface area contributed by atoms with Crippen molar-refractivity contribution in [1.29, 1.82) is 0 Å². The van der Waals surface area contributed by atoms with E-state index in [1.54, 1.807) is 16.5 Å². The van der Waals surface area contributed by atoms with Gasteiger partial charge in [0.1, 0.15) is 6.54 Å². The van der Waals surface area contributed by atoms with Crippen LogP contribution in [0.3, 0.4) is 0 Å². The summed E-state index contributed by atoms with van der Waals surface area (Å²) >= 11 is 0. The van der Waals surface area contributed by atoms with Gasteiger partial charge in [-0.1, -0.05) is 12.1 Å². The maximum Gasteiger partial charge on any atom is 0.329 e. The molecule has 1 unspecified atom stereocenters. The second-order valence-corrected chi connectivity index (χ2v) is 7.70. The standard InChI is InChI=1S/C20H25N3O5/c1-21-15-4-2-3-5-16(15)23(20(21)27)12-17(24)22-9-6-13(7-10-22)18-14(19(25)26)8-11-28-18/h2-5,13-14,18H,6-12H2,1H3,(H,25,26)/t14?,18-/m0/s1. The van der Waals surface area contributed by atoms with Crippen molar-refractivity contribution in [2.45, 2.75) is 31.9 Å². The number of ether oxygens (including phenoxy) is 1. The first-order valence-corrected chi connectivity index (χ1v) is 9.74. The SMILES string of the molecule is Cn1c(=O)n(CC(=O)N2CCC([C@@H]3OCCC3C(=O)O)CC2)c2ccccc21. The van der Waals surface area contributed by atoms with Crippen molar-refractivity contribution in [2.75, 3.05) is 19.7 Å². The van der Waals surface area contributed by atoms with E-state index in [1.807, 2.05) is 24.3 Å². The van der Waals surface area contributed by atoms with Gasteiger partial charge in [-0.15, -0.1) is 0 Å². The Labute approximate surface area is 162 Å². The van der Waals surface area contributed by atoms with Gasteiger partial charge >= 0.3 is 11.7 Å². The molecule has 0 spiro atoms. The lowest BCUT2D eigenvalue weighted by Crippen LogP contribution is -2.45. The van der Waals surface area contributed by atoms with Gasteiger partial charge in [0.15, 0.2) is 0 Å². The van der Waals surface area contributed by atoms with E-state index in [0.717, 1.165) is 23.9 Å². The van der Waals surface area contributed by atoms with Gasteiger partial charge in [-0.05, 0) is 37.3 Å². The van der Waals surface area contributed by atoms with Crippen LogP contribution in [0.15, 0.2) is 29.1 Å². The van der Waals surface area contributed by atoms with Crippen molar-refractivity contribution in [1.82, 2.24) is 14.0 Å². The summed E-state index contributed by atoms with van der Waals surface area (Å²) in [6.07, 6.45) is 1.76. The molecule has 150 valence electrons. The molecule has 2 saturated heterocycles. The van der Waals surface area contributed by atoms with Gasteiger partial charge in [-0.3, -0.25) is 18.7 Å². The smallest absolute Gasteiger partial charge is 0.329 e. The molecular formula is C20H25N3O5. The van der Waals surface area contributed by atoms with Crippen LogP contribution in [-0.2, 0) is 27.9 Å². The highest BCUT2D eigenvalue weighted by molar-refractivity contribution is 5.81. The van der Waals surface area contributed by atoms with Crippen molar-refractivity contribution in [2.24, 2.45) is 18.9 Å². The first-order chi connectivity index (χ1) is 13.5. The van der Waals surface area contributed by atoms with Gasteiger partial charge < -0.3 is 14.7 Å². The number of para-hydroxylation sites is 2. The van der Waals surface area contributed by atoms with E-state index in [0.29, 0.717) is 26.1 Å². The van der Waals surface area contributed by atoms with E-state index < -0.39 is 11.9 Å². The Hall–Kier alpha value is -2.61. The van der Waals surface area contributed by atoms with Crippen molar-refractivity contribution in [3.63, 3.8) is 0 Å². The molecule has 0 aliphatic carbocycles. The fourth-order valence-electron chi connectivity index (χ4n) is 4.57. The van der Waals surface area contributed by atoms with Crippen molar-refractivity contribution >= 4 is 22.9 Å². The van der Waals surface area contributed by atoms with Crippen LogP contribution in [0, 0.1) is 11.8 Å². The largest absolute Gasteiger partial charge is 0.481 e. The topological polar surface area (TPSA) is 93.8 Å². The average Bonchev–Trinajstić information content (AvgIpc) is 3.29. The molecule has 2 aliphatic rings. The molecule has 2 aliphatic heterocycles.